The highest BCUT2D eigenvalue weighted by atomic mass is 35.5. The molecule has 29 heavy (non-hydrogen) atoms. The number of hydrogen-bond acceptors (Lipinski definition) is 6. The second kappa shape index (κ2) is 8.05. The highest BCUT2D eigenvalue weighted by molar-refractivity contribution is 6.30. The van der Waals surface area contributed by atoms with Gasteiger partial charge in [0.05, 0.1) is 23.3 Å². The van der Waals surface area contributed by atoms with Crippen molar-refractivity contribution in [3.05, 3.63) is 41.3 Å². The van der Waals surface area contributed by atoms with Gasteiger partial charge in [0.2, 0.25) is 5.91 Å². The summed E-state index contributed by atoms with van der Waals surface area (Å²) in [5.74, 6) is 1.01. The highest BCUT2D eigenvalue weighted by Crippen LogP contribution is 2.28. The minimum absolute atomic E-state index is 0.0350. The van der Waals surface area contributed by atoms with Crippen LogP contribution in [0.4, 0.5) is 5.82 Å². The number of likely N-dealkylation sites (tertiary alicyclic amines) is 1. The van der Waals surface area contributed by atoms with Crippen LogP contribution in [0.25, 0.3) is 16.9 Å². The molecule has 148 valence electrons. The molecule has 0 aliphatic carbocycles. The molecule has 0 bridgehead atoms. The Morgan fingerprint density at radius 2 is 2.28 bits per heavy atom. The fourth-order valence-corrected chi connectivity index (χ4v) is 3.72. The fraction of sp³-hybridized carbons (Fsp3) is 0.350. The number of halogens is 1. The number of nitrogens with zero attached hydrogens (tertiary/aromatic N) is 6. The number of amides is 1. The van der Waals surface area contributed by atoms with Gasteiger partial charge in [0.15, 0.2) is 5.82 Å². The number of piperidine rings is 1. The molecule has 0 saturated carbocycles. The Morgan fingerprint density at radius 3 is 3.10 bits per heavy atom. The Bertz CT molecular complexity index is 1100. The molecule has 0 spiro atoms. The number of pyridine rings is 1. The van der Waals surface area contributed by atoms with Gasteiger partial charge in [0.25, 0.3) is 0 Å². The first-order valence-corrected chi connectivity index (χ1v) is 9.82. The molecule has 1 aliphatic heterocycles. The summed E-state index contributed by atoms with van der Waals surface area (Å²) in [5, 5.41) is 16.9. The molecule has 3 aromatic heterocycles. The van der Waals surface area contributed by atoms with E-state index >= 15 is 0 Å². The number of carbonyl (C=O) groups is 1. The quantitative estimate of drug-likeness (QED) is 0.665. The van der Waals surface area contributed by atoms with E-state index in [1.165, 1.54) is 0 Å². The Morgan fingerprint density at radius 1 is 1.41 bits per heavy atom. The van der Waals surface area contributed by atoms with Crippen LogP contribution in [0.5, 0.6) is 0 Å². The molecule has 1 amide bonds. The number of anilines is 1. The van der Waals surface area contributed by atoms with Crippen LogP contribution < -0.4 is 5.32 Å². The summed E-state index contributed by atoms with van der Waals surface area (Å²) in [6, 6.07) is 7.75. The van der Waals surface area contributed by atoms with E-state index in [1.807, 2.05) is 37.4 Å². The number of nitriles is 1. The maximum atomic E-state index is 12.1. The lowest BCUT2D eigenvalue weighted by atomic mass is 10.0. The topological polar surface area (TPSA) is 99.2 Å². The van der Waals surface area contributed by atoms with Gasteiger partial charge in [-0.2, -0.15) is 10.4 Å². The molecule has 0 radical (unpaired) electrons. The van der Waals surface area contributed by atoms with E-state index in [4.69, 9.17) is 21.8 Å². The van der Waals surface area contributed by atoms with E-state index in [9.17, 15) is 4.79 Å². The van der Waals surface area contributed by atoms with E-state index in [0.717, 1.165) is 29.5 Å². The van der Waals surface area contributed by atoms with Gasteiger partial charge < -0.3 is 10.2 Å². The average Bonchev–Trinajstić information content (AvgIpc) is 3.16. The van der Waals surface area contributed by atoms with Crippen LogP contribution in [0.3, 0.4) is 0 Å². The summed E-state index contributed by atoms with van der Waals surface area (Å²) in [4.78, 5) is 23.0. The summed E-state index contributed by atoms with van der Waals surface area (Å²) in [7, 11) is 0. The normalized spacial score (nSPS) is 16.6. The molecule has 0 aromatic carbocycles. The second-order valence-electron chi connectivity index (χ2n) is 7.06. The van der Waals surface area contributed by atoms with Gasteiger partial charge in [-0.1, -0.05) is 17.7 Å². The lowest BCUT2D eigenvalue weighted by Gasteiger charge is -2.33. The van der Waals surface area contributed by atoms with Crippen molar-refractivity contribution in [3.63, 3.8) is 0 Å². The zero-order valence-corrected chi connectivity index (χ0v) is 16.7. The largest absolute Gasteiger partial charge is 0.365 e. The highest BCUT2D eigenvalue weighted by Gasteiger charge is 2.25. The van der Waals surface area contributed by atoms with Crippen molar-refractivity contribution in [1.29, 1.82) is 5.26 Å². The second-order valence-corrected chi connectivity index (χ2v) is 7.42. The smallest absolute Gasteiger partial charge is 0.236 e. The number of hydrogen-bond donors (Lipinski definition) is 1. The molecule has 9 heteroatoms. The maximum absolute atomic E-state index is 12.1. The van der Waals surface area contributed by atoms with Crippen molar-refractivity contribution in [3.8, 4) is 17.5 Å². The summed E-state index contributed by atoms with van der Waals surface area (Å²) < 4.78 is 1.76. The molecular formula is C20H20ClN7O. The van der Waals surface area contributed by atoms with E-state index in [-0.39, 0.29) is 18.4 Å². The molecule has 1 saturated heterocycles. The molecule has 1 fully saturated rings. The van der Waals surface area contributed by atoms with Crippen molar-refractivity contribution in [2.75, 3.05) is 18.4 Å². The SMILES string of the molecule is Cc1c(Cl)nc(-c2cnn3ccccc23)nc1N[C@@H]1CCCN(C(=O)CC#N)C1. The van der Waals surface area contributed by atoms with Gasteiger partial charge in [-0.3, -0.25) is 4.79 Å². The van der Waals surface area contributed by atoms with Crippen molar-refractivity contribution in [1.82, 2.24) is 24.5 Å². The molecule has 0 unspecified atom stereocenters. The Kier molecular flexibility index (Phi) is 5.32. The van der Waals surface area contributed by atoms with Crippen LogP contribution >= 0.6 is 11.6 Å². The number of rotatable bonds is 4. The molecule has 1 aliphatic rings. The van der Waals surface area contributed by atoms with Gasteiger partial charge >= 0.3 is 0 Å². The molecule has 4 rings (SSSR count). The summed E-state index contributed by atoms with van der Waals surface area (Å²) in [6.45, 7) is 3.08. The van der Waals surface area contributed by atoms with E-state index in [0.29, 0.717) is 29.9 Å². The first kappa shape index (κ1) is 19.2. The lowest BCUT2D eigenvalue weighted by molar-refractivity contribution is -0.131. The van der Waals surface area contributed by atoms with Crippen LogP contribution in [0, 0.1) is 18.3 Å². The fourth-order valence-electron chi connectivity index (χ4n) is 3.55. The molecule has 1 atom stereocenters. The summed E-state index contributed by atoms with van der Waals surface area (Å²) in [5.41, 5.74) is 2.45. The Hall–Kier alpha value is -3.18. The Labute approximate surface area is 173 Å². The number of nitrogens with one attached hydrogen (secondary N) is 1. The van der Waals surface area contributed by atoms with Crippen molar-refractivity contribution in [2.24, 2.45) is 0 Å². The van der Waals surface area contributed by atoms with E-state index in [2.05, 4.69) is 15.4 Å². The van der Waals surface area contributed by atoms with Gasteiger partial charge in [0, 0.05) is 30.9 Å². The standard InChI is InChI=1S/C20H20ClN7O/c1-13-18(21)25-20(15-11-23-28-10-3-2-6-16(15)28)26-19(13)24-14-5-4-9-27(12-14)17(29)7-8-22/h2-3,6,10-11,14H,4-5,7,9,12H2,1H3,(H,24,25,26)/t14-/m1/s1. The molecular weight excluding hydrogens is 390 g/mol. The zero-order chi connectivity index (χ0) is 20.4. The van der Waals surface area contributed by atoms with Gasteiger partial charge in [-0.25, -0.2) is 14.5 Å². The molecule has 3 aromatic rings. The molecule has 8 nitrogen and oxygen atoms in total. The predicted octanol–water partition coefficient (Wildman–Crippen LogP) is 3.07. The zero-order valence-electron chi connectivity index (χ0n) is 16.0. The monoisotopic (exact) mass is 409 g/mol. The molecule has 4 heterocycles. The van der Waals surface area contributed by atoms with E-state index < -0.39 is 0 Å². The van der Waals surface area contributed by atoms with Crippen molar-refractivity contribution in [2.45, 2.75) is 32.2 Å². The summed E-state index contributed by atoms with van der Waals surface area (Å²) >= 11 is 6.41. The van der Waals surface area contributed by atoms with Crippen LogP contribution in [-0.4, -0.2) is 49.5 Å². The maximum Gasteiger partial charge on any atom is 0.236 e. The van der Waals surface area contributed by atoms with Crippen LogP contribution in [-0.2, 0) is 4.79 Å². The minimum atomic E-state index is -0.136. The third-order valence-corrected chi connectivity index (χ3v) is 5.47. The first-order valence-electron chi connectivity index (χ1n) is 9.45. The van der Waals surface area contributed by atoms with Crippen molar-refractivity contribution >= 4 is 28.8 Å². The third-order valence-electron chi connectivity index (χ3n) is 5.10. The van der Waals surface area contributed by atoms with Gasteiger partial charge in [-0.05, 0) is 31.9 Å². The lowest BCUT2D eigenvalue weighted by Crippen LogP contribution is -2.45. The first-order chi connectivity index (χ1) is 14.1. The number of fused-ring (bicyclic) bond motifs is 1. The van der Waals surface area contributed by atoms with Gasteiger partial charge in [-0.15, -0.1) is 0 Å². The van der Waals surface area contributed by atoms with Gasteiger partial charge in [0.1, 0.15) is 17.4 Å². The van der Waals surface area contributed by atoms with Crippen LogP contribution in [0.2, 0.25) is 5.15 Å². The summed E-state index contributed by atoms with van der Waals surface area (Å²) in [6.07, 6.45) is 5.27. The van der Waals surface area contributed by atoms with E-state index in [1.54, 1.807) is 15.6 Å². The van der Waals surface area contributed by atoms with Crippen LogP contribution in [0.1, 0.15) is 24.8 Å². The number of carbonyl (C=O) groups excluding carboxylic acids is 1. The predicted molar refractivity (Wildman–Crippen MR) is 109 cm³/mol. The number of aromatic nitrogens is 4. The molecule has 1 N–H and O–H groups in total. The minimum Gasteiger partial charge on any atom is -0.365 e. The van der Waals surface area contributed by atoms with Crippen molar-refractivity contribution < 1.29 is 4.79 Å². The third kappa shape index (κ3) is 3.87. The van der Waals surface area contributed by atoms with Crippen LogP contribution in [0.15, 0.2) is 30.6 Å². The average molecular weight is 410 g/mol. The Balaban J connectivity index is 1.61.